The van der Waals surface area contributed by atoms with Crippen LogP contribution in [0.1, 0.15) is 52.5 Å². The van der Waals surface area contributed by atoms with Crippen molar-refractivity contribution >= 4 is 12.1 Å². The number of methoxy groups -OCH3 is 1. The van der Waals surface area contributed by atoms with E-state index in [1.165, 1.54) is 12.7 Å². The third-order valence-corrected chi connectivity index (χ3v) is 5.02. The van der Waals surface area contributed by atoms with Gasteiger partial charge in [-0.25, -0.2) is 9.59 Å². The molecular weight excluding hydrogens is 354 g/mol. The average molecular weight is 388 g/mol. The summed E-state index contributed by atoms with van der Waals surface area (Å²) in [6.07, 6.45) is 6.98. The minimum atomic E-state index is -0.621. The number of carbonyl (C=O) groups excluding carboxylic acids is 2. The monoisotopic (exact) mass is 387 g/mol. The van der Waals surface area contributed by atoms with Gasteiger partial charge in [0.05, 0.1) is 13.2 Å². The van der Waals surface area contributed by atoms with E-state index in [1.807, 2.05) is 58.0 Å². The Kier molecular flexibility index (Phi) is 7.67. The average Bonchev–Trinajstić information content (AvgIpc) is 2.99. The number of likely N-dealkylation sites (tertiary alicyclic amines) is 1. The molecule has 0 unspecified atom stereocenters. The van der Waals surface area contributed by atoms with Gasteiger partial charge in [-0.1, -0.05) is 42.5 Å². The van der Waals surface area contributed by atoms with Crippen molar-refractivity contribution in [1.29, 1.82) is 0 Å². The van der Waals surface area contributed by atoms with Crippen LogP contribution in [0.25, 0.3) is 0 Å². The molecule has 2 rings (SSSR count). The molecule has 5 heteroatoms. The van der Waals surface area contributed by atoms with Crippen molar-refractivity contribution in [3.8, 4) is 0 Å². The molecule has 1 fully saturated rings. The lowest BCUT2D eigenvalue weighted by atomic mass is 9.91. The maximum atomic E-state index is 12.9. The molecule has 28 heavy (non-hydrogen) atoms. The van der Waals surface area contributed by atoms with E-state index in [0.29, 0.717) is 6.42 Å². The fourth-order valence-corrected chi connectivity index (χ4v) is 3.83. The summed E-state index contributed by atoms with van der Waals surface area (Å²) in [5.41, 5.74) is 0.681. The Morgan fingerprint density at radius 3 is 2.46 bits per heavy atom. The van der Waals surface area contributed by atoms with Crippen LogP contribution in [0, 0.1) is 5.92 Å². The number of amides is 1. The summed E-state index contributed by atoms with van der Waals surface area (Å²) < 4.78 is 10.6. The Balaban J connectivity index is 2.15. The van der Waals surface area contributed by atoms with Crippen molar-refractivity contribution in [1.82, 2.24) is 4.90 Å². The maximum absolute atomic E-state index is 12.9. The van der Waals surface area contributed by atoms with Crippen molar-refractivity contribution in [2.24, 2.45) is 5.92 Å². The van der Waals surface area contributed by atoms with Crippen molar-refractivity contribution in [2.75, 3.05) is 7.11 Å². The standard InChI is InChI=1S/C23H33NO4/c1-6-11-19-18(15-10-14-17-12-8-7-9-13-17)16-20(21(25)27-5)24(19)22(26)28-23(2,3)4/h6-9,11-13,18-20H,10,14-16H2,1-5H3/b11-6-/t18-,19-,20+/m1/s1. The second-order valence-electron chi connectivity index (χ2n) is 8.32. The Bertz CT molecular complexity index is 678. The molecule has 0 aliphatic carbocycles. The number of carbonyl (C=O) groups is 2. The smallest absolute Gasteiger partial charge is 0.411 e. The molecule has 1 aliphatic rings. The van der Waals surface area contributed by atoms with Gasteiger partial charge < -0.3 is 9.47 Å². The first kappa shape index (κ1) is 22.0. The zero-order valence-corrected chi connectivity index (χ0v) is 17.7. The van der Waals surface area contributed by atoms with Gasteiger partial charge in [-0.05, 0) is 64.9 Å². The topological polar surface area (TPSA) is 55.8 Å². The fraction of sp³-hybridized carbons (Fsp3) is 0.565. The zero-order chi connectivity index (χ0) is 20.7. The molecule has 1 aliphatic heterocycles. The van der Waals surface area contributed by atoms with E-state index in [4.69, 9.17) is 9.47 Å². The molecule has 1 amide bonds. The second-order valence-corrected chi connectivity index (χ2v) is 8.32. The highest BCUT2D eigenvalue weighted by Crippen LogP contribution is 2.36. The van der Waals surface area contributed by atoms with E-state index in [1.54, 1.807) is 4.90 Å². The molecule has 0 radical (unpaired) electrons. The van der Waals surface area contributed by atoms with E-state index in [0.717, 1.165) is 19.3 Å². The normalized spacial score (nSPS) is 22.5. The molecule has 1 heterocycles. The lowest BCUT2D eigenvalue weighted by Crippen LogP contribution is -2.47. The molecule has 1 aromatic carbocycles. The number of esters is 1. The van der Waals surface area contributed by atoms with Crippen LogP contribution in [0.15, 0.2) is 42.5 Å². The van der Waals surface area contributed by atoms with Gasteiger partial charge in [0.1, 0.15) is 11.6 Å². The van der Waals surface area contributed by atoms with Crippen LogP contribution < -0.4 is 0 Å². The summed E-state index contributed by atoms with van der Waals surface area (Å²) >= 11 is 0. The van der Waals surface area contributed by atoms with Crippen LogP contribution in [0.3, 0.4) is 0 Å². The molecule has 0 N–H and O–H groups in total. The van der Waals surface area contributed by atoms with E-state index >= 15 is 0 Å². The first-order chi connectivity index (χ1) is 13.3. The van der Waals surface area contributed by atoms with Crippen molar-refractivity contribution in [2.45, 2.75) is 71.1 Å². The van der Waals surface area contributed by atoms with Gasteiger partial charge in [0, 0.05) is 0 Å². The lowest BCUT2D eigenvalue weighted by molar-refractivity contribution is -0.146. The van der Waals surface area contributed by atoms with Gasteiger partial charge in [0.15, 0.2) is 0 Å². The molecule has 1 aromatic rings. The molecule has 154 valence electrons. The van der Waals surface area contributed by atoms with Crippen LogP contribution in [0.5, 0.6) is 0 Å². The highest BCUT2D eigenvalue weighted by Gasteiger charge is 2.47. The highest BCUT2D eigenvalue weighted by molar-refractivity contribution is 5.82. The third kappa shape index (κ3) is 5.85. The zero-order valence-electron chi connectivity index (χ0n) is 17.7. The molecular formula is C23H33NO4. The first-order valence-electron chi connectivity index (χ1n) is 10.0. The van der Waals surface area contributed by atoms with Gasteiger partial charge in [0.25, 0.3) is 0 Å². The van der Waals surface area contributed by atoms with Crippen LogP contribution in [-0.4, -0.2) is 41.8 Å². The Morgan fingerprint density at radius 1 is 1.21 bits per heavy atom. The van der Waals surface area contributed by atoms with Crippen LogP contribution in [0.2, 0.25) is 0 Å². The van der Waals surface area contributed by atoms with Gasteiger partial charge in [0.2, 0.25) is 0 Å². The second kappa shape index (κ2) is 9.76. The minimum Gasteiger partial charge on any atom is -0.467 e. The number of aryl methyl sites for hydroxylation is 1. The number of rotatable bonds is 6. The first-order valence-corrected chi connectivity index (χ1v) is 10.0. The van der Waals surface area contributed by atoms with E-state index in [9.17, 15) is 9.59 Å². The van der Waals surface area contributed by atoms with E-state index in [2.05, 4.69) is 12.1 Å². The van der Waals surface area contributed by atoms with Gasteiger partial charge in [-0.2, -0.15) is 0 Å². The molecule has 5 nitrogen and oxygen atoms in total. The summed E-state index contributed by atoms with van der Waals surface area (Å²) in [6, 6.07) is 9.59. The minimum absolute atomic E-state index is 0.167. The number of hydrogen-bond donors (Lipinski definition) is 0. The predicted molar refractivity (Wildman–Crippen MR) is 110 cm³/mol. The van der Waals surface area contributed by atoms with Crippen molar-refractivity contribution in [3.05, 3.63) is 48.0 Å². The SMILES string of the molecule is C/C=C\[C@@H]1[C@H](CCCc2ccccc2)C[C@@H](C(=O)OC)N1C(=O)OC(C)(C)C. The highest BCUT2D eigenvalue weighted by atomic mass is 16.6. The number of ether oxygens (including phenoxy) is 2. The molecule has 0 spiro atoms. The lowest BCUT2D eigenvalue weighted by Gasteiger charge is -2.31. The third-order valence-electron chi connectivity index (χ3n) is 5.02. The summed E-state index contributed by atoms with van der Waals surface area (Å²) in [6.45, 7) is 7.42. The van der Waals surface area contributed by atoms with Crippen LogP contribution >= 0.6 is 0 Å². The summed E-state index contributed by atoms with van der Waals surface area (Å²) in [5, 5.41) is 0. The van der Waals surface area contributed by atoms with E-state index in [-0.39, 0.29) is 17.9 Å². The largest absolute Gasteiger partial charge is 0.467 e. The molecule has 0 bridgehead atoms. The summed E-state index contributed by atoms with van der Waals surface area (Å²) in [5.74, 6) is -0.192. The number of hydrogen-bond acceptors (Lipinski definition) is 4. The van der Waals surface area contributed by atoms with Gasteiger partial charge >= 0.3 is 12.1 Å². The van der Waals surface area contributed by atoms with Crippen LogP contribution in [-0.2, 0) is 20.7 Å². The quantitative estimate of drug-likeness (QED) is 0.522. The number of benzene rings is 1. The van der Waals surface area contributed by atoms with Crippen molar-refractivity contribution < 1.29 is 19.1 Å². The van der Waals surface area contributed by atoms with Gasteiger partial charge in [-0.15, -0.1) is 0 Å². The summed E-state index contributed by atoms with van der Waals surface area (Å²) in [4.78, 5) is 26.8. The molecule has 1 saturated heterocycles. The van der Waals surface area contributed by atoms with Crippen molar-refractivity contribution in [3.63, 3.8) is 0 Å². The fourth-order valence-electron chi connectivity index (χ4n) is 3.83. The van der Waals surface area contributed by atoms with Crippen LogP contribution in [0.4, 0.5) is 4.79 Å². The summed E-state index contributed by atoms with van der Waals surface area (Å²) in [7, 11) is 1.36. The predicted octanol–water partition coefficient (Wildman–Crippen LogP) is 4.75. The Hall–Kier alpha value is -2.30. The van der Waals surface area contributed by atoms with E-state index < -0.39 is 17.7 Å². The van der Waals surface area contributed by atoms with Gasteiger partial charge in [-0.3, -0.25) is 4.90 Å². The number of allylic oxidation sites excluding steroid dienone is 1. The molecule has 0 saturated carbocycles. The number of nitrogens with zero attached hydrogens (tertiary/aromatic N) is 1. The maximum Gasteiger partial charge on any atom is 0.411 e. The Labute approximate surface area is 168 Å². The molecule has 3 atom stereocenters. The molecule has 0 aromatic heterocycles. The Morgan fingerprint density at radius 2 is 1.89 bits per heavy atom.